The van der Waals surface area contributed by atoms with Crippen LogP contribution in [0.5, 0.6) is 0 Å². The molecule has 0 saturated heterocycles. The van der Waals surface area contributed by atoms with Crippen molar-refractivity contribution < 1.29 is 4.79 Å². The molecule has 0 unspecified atom stereocenters. The number of amides is 1. The number of carbonyl (C=O) groups excluding carboxylic acids is 1. The monoisotopic (exact) mass is 169 g/mol. The lowest BCUT2D eigenvalue weighted by atomic mass is 10.1. The van der Waals surface area contributed by atoms with Gasteiger partial charge in [0.1, 0.15) is 0 Å². The third kappa shape index (κ3) is 4.94. The van der Waals surface area contributed by atoms with Gasteiger partial charge < -0.3 is 5.73 Å². The molecule has 70 valence electrons. The average molecular weight is 169 g/mol. The predicted octanol–water partition coefficient (Wildman–Crippen LogP) is 2.39. The first-order valence-corrected chi connectivity index (χ1v) is 4.71. The number of nitrogens with two attached hydrogens (primary N) is 1. The molecule has 0 rings (SSSR count). The molecule has 0 aromatic rings. The highest BCUT2D eigenvalue weighted by Crippen LogP contribution is 2.07. The molecule has 2 nitrogen and oxygen atoms in total. The first-order valence-electron chi connectivity index (χ1n) is 4.71. The third-order valence-corrected chi connectivity index (χ3v) is 1.78. The van der Waals surface area contributed by atoms with Gasteiger partial charge in [0.05, 0.1) is 0 Å². The summed E-state index contributed by atoms with van der Waals surface area (Å²) >= 11 is 0. The molecule has 0 radical (unpaired) electrons. The minimum atomic E-state index is -0.257. The van der Waals surface area contributed by atoms with E-state index in [-0.39, 0.29) is 5.91 Å². The lowest BCUT2D eigenvalue weighted by Gasteiger charge is -1.99. The number of hydrogen-bond acceptors (Lipinski definition) is 1. The minimum Gasteiger partial charge on any atom is -0.366 e. The number of rotatable bonds is 6. The van der Waals surface area contributed by atoms with Crippen molar-refractivity contribution in [2.24, 2.45) is 5.73 Å². The van der Waals surface area contributed by atoms with E-state index in [0.717, 1.165) is 37.7 Å². The van der Waals surface area contributed by atoms with E-state index in [1.807, 2.05) is 6.08 Å². The van der Waals surface area contributed by atoms with Gasteiger partial charge in [-0.2, -0.15) is 0 Å². The molecule has 0 fully saturated rings. The third-order valence-electron chi connectivity index (χ3n) is 1.78. The summed E-state index contributed by atoms with van der Waals surface area (Å²) in [5.74, 6) is -0.257. The van der Waals surface area contributed by atoms with E-state index in [9.17, 15) is 4.79 Å². The van der Waals surface area contributed by atoms with Gasteiger partial charge in [-0.1, -0.05) is 39.2 Å². The van der Waals surface area contributed by atoms with Crippen LogP contribution in [0.1, 0.15) is 46.0 Å². The van der Waals surface area contributed by atoms with Crippen molar-refractivity contribution >= 4 is 5.91 Å². The SMILES string of the molecule is CCCCC=C(CCC)C(N)=O. The van der Waals surface area contributed by atoms with Crippen LogP contribution in [0.25, 0.3) is 0 Å². The second-order valence-electron chi connectivity index (χ2n) is 2.99. The van der Waals surface area contributed by atoms with Crippen LogP contribution in [0, 0.1) is 0 Å². The van der Waals surface area contributed by atoms with Crippen molar-refractivity contribution in [3.8, 4) is 0 Å². The lowest BCUT2D eigenvalue weighted by Crippen LogP contribution is -2.13. The van der Waals surface area contributed by atoms with Gasteiger partial charge in [0.2, 0.25) is 5.91 Å². The Hall–Kier alpha value is -0.790. The zero-order valence-corrected chi connectivity index (χ0v) is 8.10. The summed E-state index contributed by atoms with van der Waals surface area (Å²) in [4.78, 5) is 10.8. The highest BCUT2D eigenvalue weighted by atomic mass is 16.1. The van der Waals surface area contributed by atoms with E-state index < -0.39 is 0 Å². The maximum absolute atomic E-state index is 10.8. The Morgan fingerprint density at radius 2 is 2.00 bits per heavy atom. The van der Waals surface area contributed by atoms with Gasteiger partial charge in [-0.3, -0.25) is 4.79 Å². The normalized spacial score (nSPS) is 11.7. The van der Waals surface area contributed by atoms with E-state index in [0.29, 0.717) is 0 Å². The second kappa shape index (κ2) is 6.89. The lowest BCUT2D eigenvalue weighted by molar-refractivity contribution is -0.114. The number of allylic oxidation sites excluding steroid dienone is 1. The topological polar surface area (TPSA) is 43.1 Å². The van der Waals surface area contributed by atoms with Crippen molar-refractivity contribution in [2.45, 2.75) is 46.0 Å². The molecule has 1 amide bonds. The summed E-state index contributed by atoms with van der Waals surface area (Å²) in [7, 11) is 0. The maximum atomic E-state index is 10.8. The Labute approximate surface area is 74.8 Å². The summed E-state index contributed by atoms with van der Waals surface area (Å²) in [5, 5.41) is 0. The molecule has 2 heteroatoms. The Morgan fingerprint density at radius 1 is 1.33 bits per heavy atom. The van der Waals surface area contributed by atoms with Crippen molar-refractivity contribution in [3.05, 3.63) is 11.6 Å². The quantitative estimate of drug-likeness (QED) is 0.481. The molecule has 0 aromatic carbocycles. The molecular formula is C10H19NO. The second-order valence-corrected chi connectivity index (χ2v) is 2.99. The van der Waals surface area contributed by atoms with Crippen LogP contribution in [0.15, 0.2) is 11.6 Å². The smallest absolute Gasteiger partial charge is 0.244 e. The Morgan fingerprint density at radius 3 is 2.42 bits per heavy atom. The number of hydrogen-bond donors (Lipinski definition) is 1. The fourth-order valence-electron chi connectivity index (χ4n) is 1.08. The van der Waals surface area contributed by atoms with E-state index in [1.54, 1.807) is 0 Å². The first-order chi connectivity index (χ1) is 5.72. The standard InChI is InChI=1S/C10H19NO/c1-3-5-6-8-9(7-4-2)10(11)12/h8H,3-7H2,1-2H3,(H2,11,12). The van der Waals surface area contributed by atoms with Crippen LogP contribution < -0.4 is 5.73 Å². The molecule has 0 bridgehead atoms. The van der Waals surface area contributed by atoms with Crippen LogP contribution in [0.3, 0.4) is 0 Å². The van der Waals surface area contributed by atoms with Gasteiger partial charge in [0.15, 0.2) is 0 Å². The zero-order valence-electron chi connectivity index (χ0n) is 8.10. The first kappa shape index (κ1) is 11.2. The van der Waals surface area contributed by atoms with Gasteiger partial charge in [0, 0.05) is 5.57 Å². The van der Waals surface area contributed by atoms with Gasteiger partial charge in [-0.05, 0) is 12.8 Å². The average Bonchev–Trinajstić information content (AvgIpc) is 2.03. The van der Waals surface area contributed by atoms with Gasteiger partial charge in [-0.25, -0.2) is 0 Å². The van der Waals surface area contributed by atoms with Crippen LogP contribution in [-0.4, -0.2) is 5.91 Å². The Kier molecular flexibility index (Phi) is 6.44. The molecule has 2 N–H and O–H groups in total. The van der Waals surface area contributed by atoms with E-state index >= 15 is 0 Å². The van der Waals surface area contributed by atoms with Gasteiger partial charge in [-0.15, -0.1) is 0 Å². The van der Waals surface area contributed by atoms with Crippen molar-refractivity contribution in [1.29, 1.82) is 0 Å². The molecule has 0 aliphatic rings. The molecule has 0 atom stereocenters. The molecule has 0 aliphatic heterocycles. The van der Waals surface area contributed by atoms with E-state index in [4.69, 9.17) is 5.73 Å². The minimum absolute atomic E-state index is 0.257. The summed E-state index contributed by atoms with van der Waals surface area (Å²) in [6.45, 7) is 4.19. The molecule has 0 aromatic heterocycles. The summed E-state index contributed by atoms with van der Waals surface area (Å²) in [6, 6.07) is 0. The van der Waals surface area contributed by atoms with Crippen LogP contribution in [0.4, 0.5) is 0 Å². The van der Waals surface area contributed by atoms with Gasteiger partial charge in [0.25, 0.3) is 0 Å². The molecule has 12 heavy (non-hydrogen) atoms. The van der Waals surface area contributed by atoms with Crippen LogP contribution in [-0.2, 0) is 4.79 Å². The molecule has 0 heterocycles. The Bertz CT molecular complexity index is 161. The highest BCUT2D eigenvalue weighted by molar-refractivity contribution is 5.91. The van der Waals surface area contributed by atoms with Crippen LogP contribution in [0.2, 0.25) is 0 Å². The fourth-order valence-corrected chi connectivity index (χ4v) is 1.08. The molecule has 0 aliphatic carbocycles. The van der Waals surface area contributed by atoms with Crippen molar-refractivity contribution in [3.63, 3.8) is 0 Å². The highest BCUT2D eigenvalue weighted by Gasteiger charge is 2.01. The summed E-state index contributed by atoms with van der Waals surface area (Å²) < 4.78 is 0. The van der Waals surface area contributed by atoms with E-state index in [1.165, 1.54) is 0 Å². The molecule has 0 saturated carbocycles. The summed E-state index contributed by atoms with van der Waals surface area (Å²) in [6.07, 6.45) is 7.07. The zero-order chi connectivity index (χ0) is 9.40. The van der Waals surface area contributed by atoms with E-state index in [2.05, 4.69) is 13.8 Å². The number of primary amides is 1. The van der Waals surface area contributed by atoms with Crippen molar-refractivity contribution in [2.75, 3.05) is 0 Å². The van der Waals surface area contributed by atoms with Gasteiger partial charge >= 0.3 is 0 Å². The molecule has 0 spiro atoms. The molecular weight excluding hydrogens is 150 g/mol. The Balaban J connectivity index is 3.90. The maximum Gasteiger partial charge on any atom is 0.244 e. The number of unbranched alkanes of at least 4 members (excludes halogenated alkanes) is 2. The predicted molar refractivity (Wildman–Crippen MR) is 51.7 cm³/mol. The number of carbonyl (C=O) groups is 1. The van der Waals surface area contributed by atoms with Crippen molar-refractivity contribution in [1.82, 2.24) is 0 Å². The largest absolute Gasteiger partial charge is 0.366 e. The fraction of sp³-hybridized carbons (Fsp3) is 0.700. The van der Waals surface area contributed by atoms with Crippen LogP contribution >= 0.6 is 0 Å². The summed E-state index contributed by atoms with van der Waals surface area (Å²) in [5.41, 5.74) is 5.99.